The summed E-state index contributed by atoms with van der Waals surface area (Å²) in [5, 5.41) is 11.8. The van der Waals surface area contributed by atoms with E-state index >= 15 is 0 Å². The summed E-state index contributed by atoms with van der Waals surface area (Å²) < 4.78 is 11.2. The second kappa shape index (κ2) is 8.49. The van der Waals surface area contributed by atoms with Crippen molar-refractivity contribution < 1.29 is 24.2 Å². The van der Waals surface area contributed by atoms with Crippen LogP contribution in [0.1, 0.15) is 28.8 Å². The number of benzene rings is 2. The van der Waals surface area contributed by atoms with E-state index in [2.05, 4.69) is 5.32 Å². The standard InChI is InChI=1S/C20H21NO5/c22-19(12-14-3-1-4-15(11-14)20(23)24)21-16-6-8-17(9-7-16)26-13-18-5-2-10-25-18/h1,3-4,6-9,11,18H,2,5,10,12-13H2,(H,21,22)(H,23,24). The van der Waals surface area contributed by atoms with Gasteiger partial charge >= 0.3 is 5.97 Å². The van der Waals surface area contributed by atoms with E-state index in [1.165, 1.54) is 12.1 Å². The molecule has 0 spiro atoms. The second-order valence-electron chi connectivity index (χ2n) is 6.20. The Kier molecular flexibility index (Phi) is 5.86. The molecule has 0 radical (unpaired) electrons. The molecular formula is C20H21NO5. The number of carbonyl (C=O) groups excluding carboxylic acids is 1. The van der Waals surface area contributed by atoms with Gasteiger partial charge in [-0.15, -0.1) is 0 Å². The van der Waals surface area contributed by atoms with Crippen molar-refractivity contribution in [2.45, 2.75) is 25.4 Å². The molecule has 6 nitrogen and oxygen atoms in total. The van der Waals surface area contributed by atoms with Crippen LogP contribution in [0.25, 0.3) is 0 Å². The fourth-order valence-corrected chi connectivity index (χ4v) is 2.80. The van der Waals surface area contributed by atoms with E-state index in [-0.39, 0.29) is 24.0 Å². The quantitative estimate of drug-likeness (QED) is 0.797. The van der Waals surface area contributed by atoms with Crippen LogP contribution >= 0.6 is 0 Å². The van der Waals surface area contributed by atoms with Crippen molar-refractivity contribution in [2.75, 3.05) is 18.5 Å². The van der Waals surface area contributed by atoms with Crippen molar-refractivity contribution in [3.63, 3.8) is 0 Å². The average Bonchev–Trinajstić information content (AvgIpc) is 3.15. The number of nitrogens with one attached hydrogen (secondary N) is 1. The number of hydrogen-bond donors (Lipinski definition) is 2. The summed E-state index contributed by atoms with van der Waals surface area (Å²) in [5.74, 6) is -0.487. The molecule has 2 N–H and O–H groups in total. The maximum absolute atomic E-state index is 12.1. The molecule has 1 amide bonds. The molecule has 6 heteroatoms. The smallest absolute Gasteiger partial charge is 0.335 e. The Morgan fingerprint density at radius 1 is 1.19 bits per heavy atom. The summed E-state index contributed by atoms with van der Waals surface area (Å²) in [5.41, 5.74) is 1.48. The van der Waals surface area contributed by atoms with E-state index in [0.717, 1.165) is 25.2 Å². The highest BCUT2D eigenvalue weighted by atomic mass is 16.5. The summed E-state index contributed by atoms with van der Waals surface area (Å²) >= 11 is 0. The maximum Gasteiger partial charge on any atom is 0.335 e. The first-order valence-corrected chi connectivity index (χ1v) is 8.57. The number of carboxylic acid groups (broad SMARTS) is 1. The normalized spacial score (nSPS) is 16.2. The van der Waals surface area contributed by atoms with Gasteiger partial charge in [0.05, 0.1) is 18.1 Å². The van der Waals surface area contributed by atoms with Crippen molar-refractivity contribution in [1.82, 2.24) is 0 Å². The molecule has 0 aromatic heterocycles. The van der Waals surface area contributed by atoms with Crippen LogP contribution in [0.3, 0.4) is 0 Å². The van der Waals surface area contributed by atoms with E-state index < -0.39 is 5.97 Å². The van der Waals surface area contributed by atoms with Crippen LogP contribution in [0, 0.1) is 0 Å². The van der Waals surface area contributed by atoms with Crippen LogP contribution in [0.2, 0.25) is 0 Å². The lowest BCUT2D eigenvalue weighted by Gasteiger charge is -2.12. The zero-order valence-corrected chi connectivity index (χ0v) is 14.3. The Bertz CT molecular complexity index is 766. The predicted molar refractivity (Wildman–Crippen MR) is 96.6 cm³/mol. The Morgan fingerprint density at radius 2 is 2.00 bits per heavy atom. The summed E-state index contributed by atoms with van der Waals surface area (Å²) in [6, 6.07) is 13.5. The van der Waals surface area contributed by atoms with E-state index in [1.807, 2.05) is 0 Å². The van der Waals surface area contributed by atoms with Gasteiger partial charge in [0.2, 0.25) is 5.91 Å². The first-order valence-electron chi connectivity index (χ1n) is 8.57. The maximum atomic E-state index is 12.1. The summed E-state index contributed by atoms with van der Waals surface area (Å²) in [4.78, 5) is 23.1. The van der Waals surface area contributed by atoms with Gasteiger partial charge in [0, 0.05) is 12.3 Å². The molecule has 1 unspecified atom stereocenters. The highest BCUT2D eigenvalue weighted by molar-refractivity contribution is 5.93. The van der Waals surface area contributed by atoms with E-state index in [9.17, 15) is 9.59 Å². The predicted octanol–water partition coefficient (Wildman–Crippen LogP) is 3.12. The fraction of sp³-hybridized carbons (Fsp3) is 0.300. The minimum atomic E-state index is -1.01. The molecule has 1 aliphatic rings. The molecule has 2 aromatic rings. The van der Waals surface area contributed by atoms with Gasteiger partial charge in [-0.3, -0.25) is 4.79 Å². The zero-order chi connectivity index (χ0) is 18.4. The molecule has 26 heavy (non-hydrogen) atoms. The molecule has 0 saturated carbocycles. The topological polar surface area (TPSA) is 84.9 Å². The molecule has 1 fully saturated rings. The van der Waals surface area contributed by atoms with Crippen LogP contribution in [0.15, 0.2) is 48.5 Å². The average molecular weight is 355 g/mol. The summed E-state index contributed by atoms with van der Waals surface area (Å²) in [6.45, 7) is 1.33. The number of anilines is 1. The van der Waals surface area contributed by atoms with Crippen molar-refractivity contribution >= 4 is 17.6 Å². The van der Waals surface area contributed by atoms with Gasteiger partial charge in [-0.2, -0.15) is 0 Å². The lowest BCUT2D eigenvalue weighted by atomic mass is 10.1. The summed E-state index contributed by atoms with van der Waals surface area (Å²) in [6.07, 6.45) is 2.38. The Balaban J connectivity index is 1.50. The Morgan fingerprint density at radius 3 is 2.69 bits per heavy atom. The van der Waals surface area contributed by atoms with Crippen LogP contribution in [-0.4, -0.2) is 36.3 Å². The third-order valence-corrected chi connectivity index (χ3v) is 4.14. The monoisotopic (exact) mass is 355 g/mol. The van der Waals surface area contributed by atoms with Gasteiger partial charge in [0.25, 0.3) is 0 Å². The van der Waals surface area contributed by atoms with Crippen molar-refractivity contribution in [2.24, 2.45) is 0 Å². The largest absolute Gasteiger partial charge is 0.491 e. The van der Waals surface area contributed by atoms with Crippen LogP contribution < -0.4 is 10.1 Å². The van der Waals surface area contributed by atoms with Gasteiger partial charge < -0.3 is 19.9 Å². The minimum absolute atomic E-state index is 0.110. The van der Waals surface area contributed by atoms with E-state index in [1.54, 1.807) is 36.4 Å². The van der Waals surface area contributed by atoms with Gasteiger partial charge in [-0.1, -0.05) is 12.1 Å². The highest BCUT2D eigenvalue weighted by Crippen LogP contribution is 2.18. The van der Waals surface area contributed by atoms with Gasteiger partial charge in [0.15, 0.2) is 0 Å². The Labute approximate surface area is 151 Å². The van der Waals surface area contributed by atoms with Crippen molar-refractivity contribution in [3.8, 4) is 5.75 Å². The molecule has 0 bridgehead atoms. The second-order valence-corrected chi connectivity index (χ2v) is 6.20. The lowest BCUT2D eigenvalue weighted by Crippen LogP contribution is -2.16. The van der Waals surface area contributed by atoms with Crippen molar-refractivity contribution in [3.05, 3.63) is 59.7 Å². The van der Waals surface area contributed by atoms with E-state index in [0.29, 0.717) is 17.9 Å². The first-order chi connectivity index (χ1) is 12.6. The summed E-state index contributed by atoms with van der Waals surface area (Å²) in [7, 11) is 0. The van der Waals surface area contributed by atoms with Crippen LogP contribution in [-0.2, 0) is 16.0 Å². The van der Waals surface area contributed by atoms with E-state index in [4.69, 9.17) is 14.6 Å². The lowest BCUT2D eigenvalue weighted by molar-refractivity contribution is -0.115. The number of carbonyl (C=O) groups is 2. The number of ether oxygens (including phenoxy) is 2. The Hall–Kier alpha value is -2.86. The van der Waals surface area contributed by atoms with Gasteiger partial charge in [0.1, 0.15) is 12.4 Å². The minimum Gasteiger partial charge on any atom is -0.491 e. The molecule has 1 aliphatic heterocycles. The van der Waals surface area contributed by atoms with Crippen LogP contribution in [0.4, 0.5) is 5.69 Å². The molecule has 1 saturated heterocycles. The molecule has 2 aromatic carbocycles. The van der Waals surface area contributed by atoms with Gasteiger partial charge in [-0.05, 0) is 54.8 Å². The number of rotatable bonds is 7. The van der Waals surface area contributed by atoms with Crippen LogP contribution in [0.5, 0.6) is 5.75 Å². The molecule has 3 rings (SSSR count). The SMILES string of the molecule is O=C(Cc1cccc(C(=O)O)c1)Nc1ccc(OCC2CCCO2)cc1. The number of carboxylic acids is 1. The fourth-order valence-electron chi connectivity index (χ4n) is 2.80. The number of hydrogen-bond acceptors (Lipinski definition) is 4. The highest BCUT2D eigenvalue weighted by Gasteiger charge is 2.16. The molecule has 1 heterocycles. The first kappa shape index (κ1) is 17.9. The molecule has 0 aliphatic carbocycles. The number of aromatic carboxylic acids is 1. The zero-order valence-electron chi connectivity index (χ0n) is 14.3. The third kappa shape index (κ3) is 5.07. The third-order valence-electron chi connectivity index (χ3n) is 4.14. The molecular weight excluding hydrogens is 334 g/mol. The molecule has 136 valence electrons. The van der Waals surface area contributed by atoms with Gasteiger partial charge in [-0.25, -0.2) is 4.79 Å². The van der Waals surface area contributed by atoms with Crippen molar-refractivity contribution in [1.29, 1.82) is 0 Å². The number of amides is 1. The molecule has 1 atom stereocenters.